The number of amides is 1. The van der Waals surface area contributed by atoms with Crippen molar-refractivity contribution < 1.29 is 4.79 Å². The molecule has 6 heteroatoms. The molecular weight excluding hydrogens is 285 g/mol. The van der Waals surface area contributed by atoms with Crippen LogP contribution in [0.3, 0.4) is 0 Å². The third kappa shape index (κ3) is 4.78. The van der Waals surface area contributed by atoms with Crippen LogP contribution in [0, 0.1) is 5.92 Å². The van der Waals surface area contributed by atoms with Gasteiger partial charge in [-0.2, -0.15) is 0 Å². The van der Waals surface area contributed by atoms with Gasteiger partial charge in [-0.1, -0.05) is 6.92 Å². The molecule has 2 fully saturated rings. The minimum absolute atomic E-state index is 0. The highest BCUT2D eigenvalue weighted by Gasteiger charge is 2.32. The van der Waals surface area contributed by atoms with Gasteiger partial charge in [-0.25, -0.2) is 0 Å². The van der Waals surface area contributed by atoms with E-state index in [0.717, 1.165) is 19.4 Å². The van der Waals surface area contributed by atoms with Crippen molar-refractivity contribution in [2.75, 3.05) is 13.1 Å². The SMILES string of the molecule is CC(N)C(C)C(=O)NC1CCN2CCCC2C1.Cl.Cl. The molecule has 2 heterocycles. The number of rotatable bonds is 3. The highest BCUT2D eigenvalue weighted by atomic mass is 35.5. The molecule has 0 aliphatic carbocycles. The predicted octanol–water partition coefficient (Wildman–Crippen LogP) is 1.56. The second kappa shape index (κ2) is 8.30. The summed E-state index contributed by atoms with van der Waals surface area (Å²) < 4.78 is 0. The molecule has 19 heavy (non-hydrogen) atoms. The van der Waals surface area contributed by atoms with Crippen LogP contribution in [0.25, 0.3) is 0 Å². The van der Waals surface area contributed by atoms with Crippen molar-refractivity contribution in [1.82, 2.24) is 10.2 Å². The van der Waals surface area contributed by atoms with E-state index in [4.69, 9.17) is 5.73 Å². The Labute approximate surface area is 128 Å². The normalized spacial score (nSPS) is 29.4. The van der Waals surface area contributed by atoms with Crippen molar-refractivity contribution in [2.24, 2.45) is 11.7 Å². The molecule has 2 aliphatic heterocycles. The topological polar surface area (TPSA) is 58.4 Å². The Hall–Kier alpha value is -0.0300. The van der Waals surface area contributed by atoms with E-state index < -0.39 is 0 Å². The quantitative estimate of drug-likeness (QED) is 0.831. The number of fused-ring (bicyclic) bond motifs is 1. The van der Waals surface area contributed by atoms with Gasteiger partial charge in [-0.3, -0.25) is 4.79 Å². The molecule has 2 rings (SSSR count). The fourth-order valence-electron chi connectivity index (χ4n) is 2.93. The molecule has 114 valence electrons. The first-order valence-electron chi connectivity index (χ1n) is 6.88. The minimum Gasteiger partial charge on any atom is -0.353 e. The number of hydrogen-bond acceptors (Lipinski definition) is 3. The summed E-state index contributed by atoms with van der Waals surface area (Å²) in [7, 11) is 0. The summed E-state index contributed by atoms with van der Waals surface area (Å²) in [5, 5.41) is 3.17. The summed E-state index contributed by atoms with van der Waals surface area (Å²) in [4.78, 5) is 14.5. The lowest BCUT2D eigenvalue weighted by molar-refractivity contribution is -0.126. The summed E-state index contributed by atoms with van der Waals surface area (Å²) in [6, 6.07) is 1.00. The maximum atomic E-state index is 11.9. The number of hydrogen-bond donors (Lipinski definition) is 2. The van der Waals surface area contributed by atoms with E-state index in [1.165, 1.54) is 19.4 Å². The van der Waals surface area contributed by atoms with Crippen molar-refractivity contribution in [3.63, 3.8) is 0 Å². The molecule has 0 aromatic rings. The van der Waals surface area contributed by atoms with Crippen molar-refractivity contribution >= 4 is 30.7 Å². The van der Waals surface area contributed by atoms with Crippen LogP contribution >= 0.6 is 24.8 Å². The van der Waals surface area contributed by atoms with Crippen LogP contribution in [0.5, 0.6) is 0 Å². The summed E-state index contributed by atoms with van der Waals surface area (Å²) in [5.74, 6) is 0.0352. The van der Waals surface area contributed by atoms with Gasteiger partial charge in [0.15, 0.2) is 0 Å². The van der Waals surface area contributed by atoms with Crippen LogP contribution in [-0.4, -0.2) is 42.0 Å². The average Bonchev–Trinajstić information content (AvgIpc) is 2.74. The van der Waals surface area contributed by atoms with Crippen LogP contribution < -0.4 is 11.1 Å². The van der Waals surface area contributed by atoms with Crippen LogP contribution in [-0.2, 0) is 4.79 Å². The van der Waals surface area contributed by atoms with E-state index in [1.807, 2.05) is 13.8 Å². The molecule has 0 aromatic heterocycles. The zero-order chi connectivity index (χ0) is 12.4. The van der Waals surface area contributed by atoms with E-state index in [0.29, 0.717) is 12.1 Å². The first-order chi connectivity index (χ1) is 8.08. The molecule has 0 aromatic carbocycles. The van der Waals surface area contributed by atoms with Gasteiger partial charge in [0.05, 0.1) is 0 Å². The number of nitrogens with one attached hydrogen (secondary N) is 1. The first kappa shape index (κ1) is 19.0. The second-order valence-corrected chi connectivity index (χ2v) is 5.71. The van der Waals surface area contributed by atoms with E-state index in [1.54, 1.807) is 0 Å². The number of nitrogens with two attached hydrogens (primary N) is 1. The van der Waals surface area contributed by atoms with Crippen molar-refractivity contribution in [2.45, 2.75) is 57.7 Å². The van der Waals surface area contributed by atoms with Gasteiger partial charge < -0.3 is 16.0 Å². The number of piperidine rings is 1. The Morgan fingerprint density at radius 2 is 1.95 bits per heavy atom. The summed E-state index contributed by atoms with van der Waals surface area (Å²) in [6.45, 7) is 6.19. The first-order valence-corrected chi connectivity index (χ1v) is 6.88. The zero-order valence-electron chi connectivity index (χ0n) is 11.8. The second-order valence-electron chi connectivity index (χ2n) is 5.71. The lowest BCUT2D eigenvalue weighted by Gasteiger charge is -2.35. The van der Waals surface area contributed by atoms with Gasteiger partial charge >= 0.3 is 0 Å². The molecule has 1 amide bonds. The van der Waals surface area contributed by atoms with Gasteiger partial charge in [0.2, 0.25) is 5.91 Å². The largest absolute Gasteiger partial charge is 0.353 e. The maximum Gasteiger partial charge on any atom is 0.224 e. The molecule has 2 aliphatic rings. The smallest absolute Gasteiger partial charge is 0.224 e. The Morgan fingerprint density at radius 1 is 1.26 bits per heavy atom. The molecule has 4 nitrogen and oxygen atoms in total. The van der Waals surface area contributed by atoms with E-state index >= 15 is 0 Å². The lowest BCUT2D eigenvalue weighted by Crippen LogP contribution is -2.50. The van der Waals surface area contributed by atoms with E-state index in [9.17, 15) is 4.79 Å². The fourth-order valence-corrected chi connectivity index (χ4v) is 2.93. The van der Waals surface area contributed by atoms with Gasteiger partial charge in [-0.05, 0) is 39.2 Å². The number of halogens is 2. The molecule has 0 spiro atoms. The van der Waals surface area contributed by atoms with Crippen LogP contribution in [0.4, 0.5) is 0 Å². The number of carbonyl (C=O) groups excluding carboxylic acids is 1. The Kier molecular flexibility index (Phi) is 8.29. The average molecular weight is 312 g/mol. The third-order valence-corrected chi connectivity index (χ3v) is 4.37. The molecule has 3 N–H and O–H groups in total. The molecule has 2 saturated heterocycles. The lowest BCUT2D eigenvalue weighted by atomic mass is 9.96. The number of nitrogens with zero attached hydrogens (tertiary/aromatic N) is 1. The molecule has 4 unspecified atom stereocenters. The van der Waals surface area contributed by atoms with Gasteiger partial charge in [-0.15, -0.1) is 24.8 Å². The number of carbonyl (C=O) groups is 1. The van der Waals surface area contributed by atoms with Gasteiger partial charge in [0.25, 0.3) is 0 Å². The summed E-state index contributed by atoms with van der Waals surface area (Å²) in [6.07, 6.45) is 4.84. The third-order valence-electron chi connectivity index (χ3n) is 4.37. The molecular formula is C13H27Cl2N3O. The Morgan fingerprint density at radius 3 is 2.58 bits per heavy atom. The van der Waals surface area contributed by atoms with Crippen molar-refractivity contribution in [1.29, 1.82) is 0 Å². The van der Waals surface area contributed by atoms with Crippen LogP contribution in [0.1, 0.15) is 39.5 Å². The van der Waals surface area contributed by atoms with E-state index in [-0.39, 0.29) is 42.7 Å². The molecule has 0 radical (unpaired) electrons. The van der Waals surface area contributed by atoms with Crippen LogP contribution in [0.2, 0.25) is 0 Å². The highest BCUT2D eigenvalue weighted by Crippen LogP contribution is 2.26. The highest BCUT2D eigenvalue weighted by molar-refractivity contribution is 5.85. The standard InChI is InChI=1S/C13H25N3O.2ClH/c1-9(10(2)14)13(17)15-11-5-7-16-6-3-4-12(16)8-11;;/h9-12H,3-8,14H2,1-2H3,(H,15,17);2*1H. The fraction of sp³-hybridized carbons (Fsp3) is 0.923. The van der Waals surface area contributed by atoms with E-state index in [2.05, 4.69) is 10.2 Å². The molecule has 0 bridgehead atoms. The summed E-state index contributed by atoms with van der Waals surface area (Å²) >= 11 is 0. The van der Waals surface area contributed by atoms with Gasteiger partial charge in [0.1, 0.15) is 0 Å². The van der Waals surface area contributed by atoms with Crippen molar-refractivity contribution in [3.05, 3.63) is 0 Å². The monoisotopic (exact) mass is 311 g/mol. The maximum absolute atomic E-state index is 11.9. The van der Waals surface area contributed by atoms with Crippen molar-refractivity contribution in [3.8, 4) is 0 Å². The minimum atomic E-state index is -0.0865. The Bertz CT molecular complexity index is 289. The van der Waals surface area contributed by atoms with Gasteiger partial charge in [0, 0.05) is 30.6 Å². The summed E-state index contributed by atoms with van der Waals surface area (Å²) in [5.41, 5.74) is 5.76. The van der Waals surface area contributed by atoms with Crippen LogP contribution in [0.15, 0.2) is 0 Å². The molecule has 0 saturated carbocycles. The zero-order valence-corrected chi connectivity index (χ0v) is 13.4. The molecule has 4 atom stereocenters. The predicted molar refractivity (Wildman–Crippen MR) is 83.1 cm³/mol. The Balaban J connectivity index is 0.00000162.